The van der Waals surface area contributed by atoms with Gasteiger partial charge in [0.05, 0.1) is 41.0 Å². The Morgan fingerprint density at radius 3 is 2.73 bits per heavy atom. The first-order valence-electron chi connectivity index (χ1n) is 8.95. The third kappa shape index (κ3) is 3.53. The summed E-state index contributed by atoms with van der Waals surface area (Å²) in [6.07, 6.45) is 3.16. The third-order valence-corrected chi connectivity index (χ3v) is 5.40. The maximum Gasteiger partial charge on any atom is 0.257 e. The summed E-state index contributed by atoms with van der Waals surface area (Å²) in [6, 6.07) is 12.4. The summed E-state index contributed by atoms with van der Waals surface area (Å²) in [6.45, 7) is 0.194. The van der Waals surface area contributed by atoms with Crippen LogP contribution >= 0.6 is 23.2 Å². The summed E-state index contributed by atoms with van der Waals surface area (Å²) >= 11 is 13.3. The number of halogens is 2. The number of amidine groups is 1. The minimum Gasteiger partial charge on any atom is -0.495 e. The average molecular weight is 442 g/mol. The zero-order valence-corrected chi connectivity index (χ0v) is 17.4. The molecule has 2 aromatic carbocycles. The van der Waals surface area contributed by atoms with E-state index in [9.17, 15) is 4.79 Å². The molecule has 152 valence electrons. The zero-order valence-electron chi connectivity index (χ0n) is 15.9. The van der Waals surface area contributed by atoms with Crippen molar-refractivity contribution in [1.29, 1.82) is 0 Å². The molecule has 4 rings (SSSR count). The van der Waals surface area contributed by atoms with E-state index in [1.807, 2.05) is 24.3 Å². The Balaban J connectivity index is 1.83. The fraction of sp³-hybridized carbons (Fsp3) is 0.0952. The van der Waals surface area contributed by atoms with Gasteiger partial charge >= 0.3 is 0 Å². The molecule has 1 aliphatic rings. The van der Waals surface area contributed by atoms with Crippen LogP contribution in [0.15, 0.2) is 59.9 Å². The molecule has 3 aromatic rings. The van der Waals surface area contributed by atoms with Crippen molar-refractivity contribution >= 4 is 52.0 Å². The number of benzene rings is 2. The predicted octanol–water partition coefficient (Wildman–Crippen LogP) is 4.46. The Hall–Kier alpha value is -3.29. The van der Waals surface area contributed by atoms with Crippen LogP contribution in [-0.4, -0.2) is 30.5 Å². The molecule has 3 N–H and O–H groups in total. The minimum absolute atomic E-state index is 0.174. The second kappa shape index (κ2) is 8.22. The molecule has 30 heavy (non-hydrogen) atoms. The minimum atomic E-state index is -0.419. The highest BCUT2D eigenvalue weighted by atomic mass is 35.5. The standard InChI is InChI=1S/C21H17Cl2N5O2/c1-30-16-9-14(21(29)27-12-5-4-8-25-10-12)17(22)19(18(16)23)28-11-26-20(24)13-6-2-3-7-15(13)28/h2-10H,11H2,1H3,(H2,24,26)(H,27,29). The third-order valence-electron chi connectivity index (χ3n) is 4.65. The summed E-state index contributed by atoms with van der Waals surface area (Å²) in [5.41, 5.74) is 8.73. The van der Waals surface area contributed by atoms with Gasteiger partial charge < -0.3 is 20.7 Å². The Morgan fingerprint density at radius 1 is 1.20 bits per heavy atom. The molecule has 0 atom stereocenters. The van der Waals surface area contributed by atoms with Gasteiger partial charge in [-0.1, -0.05) is 35.3 Å². The Labute approximate surface area is 183 Å². The van der Waals surface area contributed by atoms with Crippen LogP contribution in [0.2, 0.25) is 10.0 Å². The molecule has 7 nitrogen and oxygen atoms in total. The van der Waals surface area contributed by atoms with Crippen LogP contribution in [0, 0.1) is 0 Å². The van der Waals surface area contributed by atoms with Gasteiger partial charge in [0, 0.05) is 11.8 Å². The number of hydrogen-bond acceptors (Lipinski definition) is 6. The first-order chi connectivity index (χ1) is 14.5. The quantitative estimate of drug-likeness (QED) is 0.622. The van der Waals surface area contributed by atoms with Gasteiger partial charge in [0.15, 0.2) is 0 Å². The average Bonchev–Trinajstić information content (AvgIpc) is 2.76. The number of nitrogens with zero attached hydrogens (tertiary/aromatic N) is 3. The Morgan fingerprint density at radius 2 is 2.00 bits per heavy atom. The second-order valence-electron chi connectivity index (χ2n) is 6.43. The van der Waals surface area contributed by atoms with E-state index in [4.69, 9.17) is 33.7 Å². The van der Waals surface area contributed by atoms with Crippen molar-refractivity contribution in [2.24, 2.45) is 10.7 Å². The van der Waals surface area contributed by atoms with Crippen LogP contribution in [0.4, 0.5) is 17.1 Å². The monoisotopic (exact) mass is 441 g/mol. The van der Waals surface area contributed by atoms with Gasteiger partial charge in [0.2, 0.25) is 0 Å². The number of nitrogens with one attached hydrogen (secondary N) is 1. The van der Waals surface area contributed by atoms with Gasteiger partial charge in [-0.2, -0.15) is 0 Å². The van der Waals surface area contributed by atoms with Crippen LogP contribution in [0.5, 0.6) is 5.75 Å². The van der Waals surface area contributed by atoms with Crippen molar-refractivity contribution in [3.63, 3.8) is 0 Å². The van der Waals surface area contributed by atoms with E-state index in [0.29, 0.717) is 23.0 Å². The van der Waals surface area contributed by atoms with Gasteiger partial charge in [-0.3, -0.25) is 9.78 Å². The van der Waals surface area contributed by atoms with Crippen molar-refractivity contribution in [2.75, 3.05) is 24.0 Å². The number of rotatable bonds is 4. The van der Waals surface area contributed by atoms with Crippen LogP contribution < -0.4 is 20.7 Å². The molecule has 1 amide bonds. The van der Waals surface area contributed by atoms with Crippen LogP contribution in [0.25, 0.3) is 0 Å². The molecule has 0 bridgehead atoms. The van der Waals surface area contributed by atoms with E-state index in [1.54, 1.807) is 23.2 Å². The SMILES string of the molecule is COc1cc(C(=O)Nc2cccnc2)c(Cl)c(N2CN=C(N)c3ccccc32)c1Cl. The van der Waals surface area contributed by atoms with Crippen LogP contribution in [-0.2, 0) is 0 Å². The number of fused-ring (bicyclic) bond motifs is 1. The van der Waals surface area contributed by atoms with Crippen molar-refractivity contribution in [3.05, 3.63) is 76.0 Å². The number of aromatic nitrogens is 1. The molecular weight excluding hydrogens is 425 g/mol. The van der Waals surface area contributed by atoms with Crippen molar-refractivity contribution in [2.45, 2.75) is 0 Å². The van der Waals surface area contributed by atoms with Crippen molar-refractivity contribution < 1.29 is 9.53 Å². The number of ether oxygens (including phenoxy) is 1. The molecule has 0 fully saturated rings. The molecule has 0 aliphatic carbocycles. The number of hydrogen-bond donors (Lipinski definition) is 2. The molecule has 0 saturated heterocycles. The maximum absolute atomic E-state index is 13.0. The lowest BCUT2D eigenvalue weighted by molar-refractivity contribution is 0.102. The van der Waals surface area contributed by atoms with E-state index in [1.165, 1.54) is 19.4 Å². The fourth-order valence-electron chi connectivity index (χ4n) is 3.21. The highest BCUT2D eigenvalue weighted by molar-refractivity contribution is 6.42. The van der Waals surface area contributed by atoms with Gasteiger partial charge in [0.1, 0.15) is 23.3 Å². The number of amides is 1. The maximum atomic E-state index is 13.0. The van der Waals surface area contributed by atoms with Crippen molar-refractivity contribution in [1.82, 2.24) is 4.98 Å². The molecule has 9 heteroatoms. The number of aliphatic imine (C=N–C) groups is 1. The summed E-state index contributed by atoms with van der Waals surface area (Å²) < 4.78 is 5.41. The molecule has 0 spiro atoms. The lowest BCUT2D eigenvalue weighted by Crippen LogP contribution is -2.30. The molecule has 0 saturated carbocycles. The predicted molar refractivity (Wildman–Crippen MR) is 119 cm³/mol. The fourth-order valence-corrected chi connectivity index (χ4v) is 3.92. The van der Waals surface area contributed by atoms with Crippen molar-refractivity contribution in [3.8, 4) is 5.75 Å². The first-order valence-corrected chi connectivity index (χ1v) is 9.71. The number of carbonyl (C=O) groups excluding carboxylic acids is 1. The van der Waals surface area contributed by atoms with Gasteiger partial charge in [-0.25, -0.2) is 4.99 Å². The zero-order chi connectivity index (χ0) is 21.3. The van der Waals surface area contributed by atoms with Crippen LogP contribution in [0.1, 0.15) is 15.9 Å². The van der Waals surface area contributed by atoms with Gasteiger partial charge in [-0.15, -0.1) is 0 Å². The largest absolute Gasteiger partial charge is 0.495 e. The summed E-state index contributed by atoms with van der Waals surface area (Å²) in [5.74, 6) is 0.316. The second-order valence-corrected chi connectivity index (χ2v) is 7.18. The first kappa shape index (κ1) is 20.0. The molecule has 1 aliphatic heterocycles. The number of methoxy groups -OCH3 is 1. The lowest BCUT2D eigenvalue weighted by Gasteiger charge is -2.31. The molecule has 2 heterocycles. The van der Waals surface area contributed by atoms with Gasteiger partial charge in [0.25, 0.3) is 5.91 Å². The smallest absolute Gasteiger partial charge is 0.257 e. The number of carbonyl (C=O) groups is 1. The topological polar surface area (TPSA) is 92.8 Å². The van der Waals surface area contributed by atoms with E-state index >= 15 is 0 Å². The van der Waals surface area contributed by atoms with E-state index in [-0.39, 0.29) is 22.3 Å². The van der Waals surface area contributed by atoms with Crippen LogP contribution in [0.3, 0.4) is 0 Å². The normalized spacial score (nSPS) is 12.8. The number of pyridine rings is 1. The summed E-state index contributed by atoms with van der Waals surface area (Å²) in [5, 5.41) is 3.22. The Bertz CT molecular complexity index is 1150. The molecule has 1 aromatic heterocycles. The summed E-state index contributed by atoms with van der Waals surface area (Å²) in [7, 11) is 1.47. The van der Waals surface area contributed by atoms with E-state index in [0.717, 1.165) is 11.3 Å². The highest BCUT2D eigenvalue weighted by Crippen LogP contribution is 2.46. The molecule has 0 unspecified atom stereocenters. The molecular formula is C21H17Cl2N5O2. The lowest BCUT2D eigenvalue weighted by atomic mass is 10.1. The van der Waals surface area contributed by atoms with E-state index < -0.39 is 5.91 Å². The Kier molecular flexibility index (Phi) is 5.48. The molecule has 0 radical (unpaired) electrons. The van der Waals surface area contributed by atoms with Gasteiger partial charge in [-0.05, 0) is 30.3 Å². The number of nitrogens with two attached hydrogens (primary N) is 1. The van der Waals surface area contributed by atoms with E-state index in [2.05, 4.69) is 15.3 Å². The summed E-state index contributed by atoms with van der Waals surface area (Å²) in [4.78, 5) is 23.1. The highest BCUT2D eigenvalue weighted by Gasteiger charge is 2.28. The number of para-hydroxylation sites is 1. The number of anilines is 3.